The molecule has 6 heteroatoms. The normalized spacial score (nSPS) is 15.1. The number of nitrogens with zero attached hydrogens (tertiary/aromatic N) is 2. The van der Waals surface area contributed by atoms with Gasteiger partial charge in [-0.25, -0.2) is 4.21 Å². The number of hydrogen-bond donors (Lipinski definition) is 2. The van der Waals surface area contributed by atoms with Gasteiger partial charge in [0.25, 0.3) is 0 Å². The first-order valence-electron chi connectivity index (χ1n) is 10.4. The van der Waals surface area contributed by atoms with Crippen LogP contribution in [0, 0.1) is 13.8 Å². The third kappa shape index (κ3) is 3.99. The first kappa shape index (κ1) is 21.6. The lowest BCUT2D eigenvalue weighted by atomic mass is 10.1. The van der Waals surface area contributed by atoms with Crippen molar-refractivity contribution in [3.05, 3.63) is 76.9 Å². The summed E-state index contributed by atoms with van der Waals surface area (Å²) in [4.78, 5) is 6.12. The highest BCUT2D eigenvalue weighted by Crippen LogP contribution is 2.44. The molecule has 1 aliphatic heterocycles. The maximum absolute atomic E-state index is 13.2. The molecule has 1 unspecified atom stereocenters. The van der Waals surface area contributed by atoms with Gasteiger partial charge in [0.1, 0.15) is 5.75 Å². The van der Waals surface area contributed by atoms with E-state index in [-0.39, 0.29) is 12.4 Å². The van der Waals surface area contributed by atoms with E-state index in [2.05, 4.69) is 23.6 Å². The van der Waals surface area contributed by atoms with E-state index < -0.39 is 10.8 Å². The van der Waals surface area contributed by atoms with Gasteiger partial charge in [-0.3, -0.25) is 0 Å². The number of likely N-dealkylation sites (N-methyl/N-ethyl adjacent to an activating group) is 1. The van der Waals surface area contributed by atoms with E-state index in [0.29, 0.717) is 12.1 Å². The Morgan fingerprint density at radius 1 is 0.968 bits per heavy atom. The number of aromatic hydroxyl groups is 1. The quantitative estimate of drug-likeness (QED) is 0.605. The molecule has 5 nitrogen and oxygen atoms in total. The average Bonchev–Trinajstić information content (AvgIpc) is 2.77. The van der Waals surface area contributed by atoms with Crippen LogP contribution in [-0.2, 0) is 24.0 Å². The molecule has 3 aromatic carbocycles. The van der Waals surface area contributed by atoms with E-state index >= 15 is 0 Å². The fraction of sp³-hybridized carbons (Fsp3) is 0.280. The molecule has 2 N–H and O–H groups in total. The number of rotatable bonds is 6. The van der Waals surface area contributed by atoms with Crippen LogP contribution in [0.1, 0.15) is 22.3 Å². The Hall–Kier alpha value is -2.67. The monoisotopic (exact) mass is 436 g/mol. The molecule has 0 aliphatic carbocycles. The lowest BCUT2D eigenvalue weighted by molar-refractivity contribution is 0.273. The van der Waals surface area contributed by atoms with Gasteiger partial charge in [-0.1, -0.05) is 36.4 Å². The van der Waals surface area contributed by atoms with Crippen molar-refractivity contribution in [1.82, 2.24) is 4.90 Å². The van der Waals surface area contributed by atoms with Gasteiger partial charge >= 0.3 is 0 Å². The Morgan fingerprint density at radius 2 is 1.71 bits per heavy atom. The number of fused-ring (bicyclic) bond motifs is 2. The molecule has 0 radical (unpaired) electrons. The third-order valence-electron chi connectivity index (χ3n) is 6.01. The van der Waals surface area contributed by atoms with Gasteiger partial charge in [-0.05, 0) is 50.2 Å². The molecule has 0 fully saturated rings. The number of phenols is 1. The Labute approximate surface area is 186 Å². The number of hydrogen-bond acceptors (Lipinski definition) is 5. The molecule has 31 heavy (non-hydrogen) atoms. The van der Waals surface area contributed by atoms with Gasteiger partial charge < -0.3 is 20.0 Å². The van der Waals surface area contributed by atoms with E-state index in [9.17, 15) is 14.4 Å². The molecular formula is C25H28N2O3S. The summed E-state index contributed by atoms with van der Waals surface area (Å²) < 4.78 is 13.2. The molecule has 0 amide bonds. The van der Waals surface area contributed by atoms with Crippen molar-refractivity contribution in [3.63, 3.8) is 0 Å². The highest BCUT2D eigenvalue weighted by atomic mass is 32.2. The van der Waals surface area contributed by atoms with Gasteiger partial charge in [-0.2, -0.15) is 0 Å². The van der Waals surface area contributed by atoms with E-state index in [4.69, 9.17) is 0 Å². The number of aliphatic hydroxyl groups is 1. The topological polar surface area (TPSA) is 64.0 Å². The van der Waals surface area contributed by atoms with E-state index in [1.807, 2.05) is 55.6 Å². The number of aryl methyl sites for hydroxylation is 1. The Morgan fingerprint density at radius 3 is 2.48 bits per heavy atom. The Kier molecular flexibility index (Phi) is 6.14. The Balaban J connectivity index is 1.61. The van der Waals surface area contributed by atoms with Crippen LogP contribution < -0.4 is 4.90 Å². The minimum absolute atomic E-state index is 0.160. The molecule has 0 saturated carbocycles. The van der Waals surface area contributed by atoms with Crippen LogP contribution in [0.25, 0.3) is 0 Å². The van der Waals surface area contributed by atoms with Gasteiger partial charge in [0.2, 0.25) is 0 Å². The second-order valence-electron chi connectivity index (χ2n) is 8.06. The zero-order valence-corrected chi connectivity index (χ0v) is 18.9. The third-order valence-corrected chi connectivity index (χ3v) is 7.48. The van der Waals surface area contributed by atoms with Crippen LogP contribution in [0.5, 0.6) is 5.75 Å². The summed E-state index contributed by atoms with van der Waals surface area (Å²) in [5.41, 5.74) is 5.69. The minimum atomic E-state index is -1.19. The molecule has 0 spiro atoms. The second kappa shape index (κ2) is 8.83. The van der Waals surface area contributed by atoms with Gasteiger partial charge in [0.15, 0.2) is 0 Å². The number of aliphatic hydroxyl groups excluding tert-OH is 1. The van der Waals surface area contributed by atoms with Crippen LogP contribution in [-0.4, -0.2) is 39.5 Å². The largest absolute Gasteiger partial charge is 0.507 e. The molecule has 4 rings (SSSR count). The molecule has 0 aromatic heterocycles. The first-order chi connectivity index (χ1) is 14.9. The molecule has 1 heterocycles. The molecule has 0 bridgehead atoms. The number of para-hydroxylation sites is 2. The maximum Gasteiger partial charge on any atom is 0.125 e. The van der Waals surface area contributed by atoms with Crippen molar-refractivity contribution >= 4 is 22.2 Å². The molecule has 0 saturated heterocycles. The standard InChI is InChI=1S/C25H28N2O3S/c1-17-11-12-23-24(18(17)2)27(21-9-4-5-10-22(21)31(23)30)14-13-26(3)15-19-7-6-8-20(16-28)25(19)29/h4-12,28-29H,13-16H2,1-3H3. The van der Waals surface area contributed by atoms with Gasteiger partial charge in [0.05, 0.1) is 38.6 Å². The molecular weight excluding hydrogens is 408 g/mol. The fourth-order valence-corrected chi connectivity index (χ4v) is 5.55. The predicted molar refractivity (Wildman–Crippen MR) is 124 cm³/mol. The van der Waals surface area contributed by atoms with E-state index in [0.717, 1.165) is 45.4 Å². The first-order valence-corrected chi connectivity index (χ1v) is 11.5. The summed E-state index contributed by atoms with van der Waals surface area (Å²) in [5, 5.41) is 19.8. The van der Waals surface area contributed by atoms with Gasteiger partial charge in [0, 0.05) is 30.8 Å². The summed E-state index contributed by atoms with van der Waals surface area (Å²) in [7, 11) is 0.823. The van der Waals surface area contributed by atoms with Crippen molar-refractivity contribution in [2.45, 2.75) is 36.8 Å². The molecule has 1 atom stereocenters. The van der Waals surface area contributed by atoms with Crippen molar-refractivity contribution in [1.29, 1.82) is 0 Å². The smallest absolute Gasteiger partial charge is 0.125 e. The van der Waals surface area contributed by atoms with Crippen molar-refractivity contribution < 1.29 is 14.4 Å². The van der Waals surface area contributed by atoms with Crippen molar-refractivity contribution in [3.8, 4) is 5.75 Å². The van der Waals surface area contributed by atoms with Crippen LogP contribution in [0.15, 0.2) is 64.4 Å². The fourth-order valence-electron chi connectivity index (χ4n) is 4.11. The summed E-state index contributed by atoms with van der Waals surface area (Å²) in [6.45, 7) is 6.04. The summed E-state index contributed by atoms with van der Waals surface area (Å²) in [6, 6.07) is 17.4. The summed E-state index contributed by atoms with van der Waals surface area (Å²) in [5.74, 6) is 0.160. The molecule has 1 aliphatic rings. The van der Waals surface area contributed by atoms with E-state index in [1.165, 1.54) is 5.56 Å². The van der Waals surface area contributed by atoms with Crippen LogP contribution >= 0.6 is 0 Å². The van der Waals surface area contributed by atoms with Crippen LogP contribution in [0.4, 0.5) is 11.4 Å². The zero-order valence-electron chi connectivity index (χ0n) is 18.1. The second-order valence-corrected chi connectivity index (χ2v) is 9.48. The highest BCUT2D eigenvalue weighted by molar-refractivity contribution is 7.85. The molecule has 3 aromatic rings. The SMILES string of the molecule is Cc1ccc2c(c1C)N(CCN(C)Cc1cccc(CO)c1O)c1ccccc1S2=O. The van der Waals surface area contributed by atoms with Crippen molar-refractivity contribution in [2.75, 3.05) is 25.0 Å². The minimum Gasteiger partial charge on any atom is -0.507 e. The highest BCUT2D eigenvalue weighted by Gasteiger charge is 2.29. The average molecular weight is 437 g/mol. The number of anilines is 2. The predicted octanol–water partition coefficient (Wildman–Crippen LogP) is 4.25. The van der Waals surface area contributed by atoms with Crippen molar-refractivity contribution in [2.24, 2.45) is 0 Å². The summed E-state index contributed by atoms with van der Waals surface area (Å²) in [6.07, 6.45) is 0. The van der Waals surface area contributed by atoms with Crippen LogP contribution in [0.2, 0.25) is 0 Å². The van der Waals surface area contributed by atoms with Gasteiger partial charge in [-0.15, -0.1) is 0 Å². The lowest BCUT2D eigenvalue weighted by Crippen LogP contribution is -2.33. The molecule has 162 valence electrons. The zero-order chi connectivity index (χ0) is 22.1. The van der Waals surface area contributed by atoms with Crippen LogP contribution in [0.3, 0.4) is 0 Å². The lowest BCUT2D eigenvalue weighted by Gasteiger charge is -2.35. The number of benzene rings is 3. The summed E-state index contributed by atoms with van der Waals surface area (Å²) >= 11 is 0. The van der Waals surface area contributed by atoms with E-state index in [1.54, 1.807) is 6.07 Å². The maximum atomic E-state index is 13.2. The Bertz CT molecular complexity index is 1150.